The highest BCUT2D eigenvalue weighted by atomic mass is 19.1. The van der Waals surface area contributed by atoms with Crippen LogP contribution in [0.15, 0.2) is 60.2 Å². The molecule has 1 heterocycles. The van der Waals surface area contributed by atoms with Crippen LogP contribution in [0.25, 0.3) is 0 Å². The van der Waals surface area contributed by atoms with Gasteiger partial charge in [0.15, 0.2) is 6.10 Å². The van der Waals surface area contributed by atoms with E-state index in [9.17, 15) is 14.0 Å². The number of hydrogen-bond acceptors (Lipinski definition) is 3. The maximum Gasteiger partial charge on any atom is 0.269 e. The van der Waals surface area contributed by atoms with E-state index < -0.39 is 12.1 Å². The number of nitrogens with zero attached hydrogens (tertiary/aromatic N) is 1. The van der Waals surface area contributed by atoms with E-state index >= 15 is 0 Å². The molecule has 4 rings (SSSR count). The third kappa shape index (κ3) is 5.32. The molecule has 34 heavy (non-hydrogen) atoms. The third-order valence-corrected chi connectivity index (χ3v) is 6.86. The van der Waals surface area contributed by atoms with Gasteiger partial charge in [-0.1, -0.05) is 43.5 Å². The Morgan fingerprint density at radius 3 is 2.53 bits per heavy atom. The van der Waals surface area contributed by atoms with Gasteiger partial charge in [-0.2, -0.15) is 0 Å². The fourth-order valence-electron chi connectivity index (χ4n) is 4.89. The molecule has 0 aromatic heterocycles. The summed E-state index contributed by atoms with van der Waals surface area (Å²) in [5, 5.41) is 3.21. The molecular weight excluding hydrogens is 431 g/mol. The summed E-state index contributed by atoms with van der Waals surface area (Å²) in [7, 11) is 0. The second-order valence-electron chi connectivity index (χ2n) is 9.22. The number of fused-ring (bicyclic) bond motifs is 1. The summed E-state index contributed by atoms with van der Waals surface area (Å²) in [4.78, 5) is 29.2. The lowest BCUT2D eigenvalue weighted by molar-refractivity contribution is -0.130. The molecule has 2 aromatic carbocycles. The van der Waals surface area contributed by atoms with E-state index in [1.165, 1.54) is 18.6 Å². The largest absolute Gasteiger partial charge is 0.480 e. The van der Waals surface area contributed by atoms with Gasteiger partial charge < -0.3 is 10.1 Å². The van der Waals surface area contributed by atoms with Gasteiger partial charge in [0.05, 0.1) is 0 Å². The van der Waals surface area contributed by atoms with Crippen molar-refractivity contribution < 1.29 is 18.7 Å². The fraction of sp³-hybridized carbons (Fsp3) is 0.429. The molecule has 1 aliphatic heterocycles. The van der Waals surface area contributed by atoms with E-state index in [2.05, 4.69) is 5.32 Å². The van der Waals surface area contributed by atoms with Crippen LogP contribution in [0.3, 0.4) is 0 Å². The van der Waals surface area contributed by atoms with Gasteiger partial charge in [-0.25, -0.2) is 4.39 Å². The predicted molar refractivity (Wildman–Crippen MR) is 131 cm³/mol. The molecule has 1 aliphatic carbocycles. The van der Waals surface area contributed by atoms with Gasteiger partial charge in [0.1, 0.15) is 17.6 Å². The minimum Gasteiger partial charge on any atom is -0.480 e. The van der Waals surface area contributed by atoms with Gasteiger partial charge in [-0.05, 0) is 81.0 Å². The van der Waals surface area contributed by atoms with Crippen molar-refractivity contribution >= 4 is 17.5 Å². The molecule has 0 spiro atoms. The molecule has 2 aromatic rings. The Balaban J connectivity index is 1.65. The Morgan fingerprint density at radius 2 is 1.82 bits per heavy atom. The molecule has 0 bridgehead atoms. The SMILES string of the molecule is C/C=C(\C)C(C(=O)NC1CCCCC1)N(C(=O)C1CCc2cc(F)ccc2O1)c1ccccc1. The number of hydrogen-bond donors (Lipinski definition) is 1. The first-order valence-corrected chi connectivity index (χ1v) is 12.2. The van der Waals surface area contributed by atoms with Crippen molar-refractivity contribution in [3.8, 4) is 5.75 Å². The number of ether oxygens (including phenoxy) is 1. The number of amides is 2. The van der Waals surface area contributed by atoms with Crippen LogP contribution in [-0.2, 0) is 16.0 Å². The van der Waals surface area contributed by atoms with E-state index in [0.29, 0.717) is 24.3 Å². The smallest absolute Gasteiger partial charge is 0.269 e. The van der Waals surface area contributed by atoms with Gasteiger partial charge >= 0.3 is 0 Å². The summed E-state index contributed by atoms with van der Waals surface area (Å²) in [6.45, 7) is 3.76. The number of rotatable bonds is 6. The second-order valence-corrected chi connectivity index (χ2v) is 9.22. The number of carbonyl (C=O) groups excluding carboxylic acids is 2. The molecule has 5 nitrogen and oxygen atoms in total. The standard InChI is InChI=1S/C28H33FN2O3/c1-3-19(2)26(27(32)30-22-10-6-4-7-11-22)31(23-12-8-5-9-13-23)28(33)25-16-14-20-18-21(29)15-17-24(20)34-25/h3,5,8-9,12-13,15,17-18,22,25-26H,4,6-7,10-11,14,16H2,1-2H3,(H,30,32)/b19-3+. The van der Waals surface area contributed by atoms with Crippen LogP contribution in [-0.4, -0.2) is 30.0 Å². The number of halogens is 1. The molecule has 2 atom stereocenters. The number of nitrogens with one attached hydrogen (secondary N) is 1. The molecule has 1 N–H and O–H groups in total. The number of allylic oxidation sites excluding steroid dienone is 1. The number of aryl methyl sites for hydroxylation is 1. The summed E-state index contributed by atoms with van der Waals surface area (Å²) in [5.74, 6) is -0.240. The molecule has 2 amide bonds. The average Bonchev–Trinajstić information content (AvgIpc) is 2.87. The maximum atomic E-state index is 14.0. The van der Waals surface area contributed by atoms with Gasteiger partial charge in [0.2, 0.25) is 5.91 Å². The van der Waals surface area contributed by atoms with Crippen molar-refractivity contribution in [2.45, 2.75) is 77.0 Å². The Hall–Kier alpha value is -3.15. The number of para-hydroxylation sites is 1. The van der Waals surface area contributed by atoms with Gasteiger partial charge in [-0.15, -0.1) is 0 Å². The minimum atomic E-state index is -0.778. The number of carbonyl (C=O) groups is 2. The molecule has 6 heteroatoms. The Labute approximate surface area is 201 Å². The molecule has 180 valence electrons. The van der Waals surface area contributed by atoms with Crippen molar-refractivity contribution in [3.63, 3.8) is 0 Å². The molecular formula is C28H33FN2O3. The maximum absolute atomic E-state index is 14.0. The van der Waals surface area contributed by atoms with Crippen LogP contribution < -0.4 is 15.0 Å². The van der Waals surface area contributed by atoms with Gasteiger partial charge in [-0.3, -0.25) is 14.5 Å². The van der Waals surface area contributed by atoms with Crippen LogP contribution >= 0.6 is 0 Å². The van der Waals surface area contributed by atoms with Crippen molar-refractivity contribution in [3.05, 3.63) is 71.6 Å². The molecule has 1 saturated carbocycles. The molecule has 2 unspecified atom stereocenters. The van der Waals surface area contributed by atoms with Crippen LogP contribution in [0.2, 0.25) is 0 Å². The fourth-order valence-corrected chi connectivity index (χ4v) is 4.89. The molecule has 0 radical (unpaired) electrons. The van der Waals surface area contributed by atoms with E-state index in [4.69, 9.17) is 4.74 Å². The molecule has 1 fully saturated rings. The number of benzene rings is 2. The lowest BCUT2D eigenvalue weighted by Crippen LogP contribution is -2.56. The van der Waals surface area contributed by atoms with Crippen molar-refractivity contribution in [1.29, 1.82) is 0 Å². The van der Waals surface area contributed by atoms with E-state index in [0.717, 1.165) is 36.8 Å². The zero-order chi connectivity index (χ0) is 24.1. The quantitative estimate of drug-likeness (QED) is 0.588. The zero-order valence-electron chi connectivity index (χ0n) is 19.9. The Bertz CT molecular complexity index is 1050. The highest BCUT2D eigenvalue weighted by Crippen LogP contribution is 2.31. The summed E-state index contributed by atoms with van der Waals surface area (Å²) < 4.78 is 19.7. The van der Waals surface area contributed by atoms with Crippen molar-refractivity contribution in [1.82, 2.24) is 5.32 Å². The van der Waals surface area contributed by atoms with Gasteiger partial charge in [0.25, 0.3) is 5.91 Å². The first kappa shape index (κ1) is 24.0. The summed E-state index contributed by atoms with van der Waals surface area (Å²) in [6.07, 6.45) is 7.42. The van der Waals surface area contributed by atoms with E-state index in [1.807, 2.05) is 50.3 Å². The monoisotopic (exact) mass is 464 g/mol. The Kier molecular flexibility index (Phi) is 7.66. The number of anilines is 1. The highest BCUT2D eigenvalue weighted by Gasteiger charge is 2.38. The minimum absolute atomic E-state index is 0.133. The second kappa shape index (κ2) is 10.9. The lowest BCUT2D eigenvalue weighted by atomic mass is 9.94. The van der Waals surface area contributed by atoms with Crippen molar-refractivity contribution in [2.75, 3.05) is 4.90 Å². The third-order valence-electron chi connectivity index (χ3n) is 6.86. The predicted octanol–water partition coefficient (Wildman–Crippen LogP) is 5.34. The summed E-state index contributed by atoms with van der Waals surface area (Å²) in [5.41, 5.74) is 2.20. The Morgan fingerprint density at radius 1 is 1.09 bits per heavy atom. The van der Waals surface area contributed by atoms with Gasteiger partial charge in [0, 0.05) is 11.7 Å². The lowest BCUT2D eigenvalue weighted by Gasteiger charge is -2.36. The highest BCUT2D eigenvalue weighted by molar-refractivity contribution is 6.04. The topological polar surface area (TPSA) is 58.6 Å². The molecule has 2 aliphatic rings. The average molecular weight is 465 g/mol. The van der Waals surface area contributed by atoms with E-state index in [-0.39, 0.29) is 23.7 Å². The van der Waals surface area contributed by atoms with Crippen LogP contribution in [0.5, 0.6) is 5.75 Å². The zero-order valence-corrected chi connectivity index (χ0v) is 19.9. The summed E-state index contributed by atoms with van der Waals surface area (Å²) >= 11 is 0. The first-order chi connectivity index (χ1) is 16.5. The van der Waals surface area contributed by atoms with Crippen molar-refractivity contribution in [2.24, 2.45) is 0 Å². The summed E-state index contributed by atoms with van der Waals surface area (Å²) in [6, 6.07) is 13.0. The van der Waals surface area contributed by atoms with Crippen LogP contribution in [0, 0.1) is 5.82 Å². The van der Waals surface area contributed by atoms with E-state index in [1.54, 1.807) is 11.0 Å². The van der Waals surface area contributed by atoms with Crippen LogP contribution in [0.4, 0.5) is 10.1 Å². The van der Waals surface area contributed by atoms with Crippen LogP contribution in [0.1, 0.15) is 57.9 Å². The molecule has 0 saturated heterocycles. The normalized spacial score (nSPS) is 19.5. The first-order valence-electron chi connectivity index (χ1n) is 12.2.